The van der Waals surface area contributed by atoms with Crippen molar-refractivity contribution in [1.82, 2.24) is 5.32 Å². The largest absolute Gasteiger partial charge is 0.317 e. The Bertz CT molecular complexity index is 373. The van der Waals surface area contributed by atoms with Crippen molar-refractivity contribution < 1.29 is 4.39 Å². The highest BCUT2D eigenvalue weighted by molar-refractivity contribution is 5.22. The van der Waals surface area contributed by atoms with Crippen LogP contribution in [0.1, 0.15) is 51.0 Å². The number of rotatable bonds is 5. The molecule has 1 saturated carbocycles. The summed E-state index contributed by atoms with van der Waals surface area (Å²) in [6, 6.07) is 7.18. The summed E-state index contributed by atoms with van der Waals surface area (Å²) in [6.07, 6.45) is 5.18. The topological polar surface area (TPSA) is 12.0 Å². The van der Waals surface area contributed by atoms with Gasteiger partial charge in [-0.25, -0.2) is 4.39 Å². The first kappa shape index (κ1) is 14.5. The van der Waals surface area contributed by atoms with Crippen molar-refractivity contribution in [1.29, 1.82) is 0 Å². The number of benzene rings is 1. The first-order valence-electron chi connectivity index (χ1n) is 7.70. The van der Waals surface area contributed by atoms with E-state index >= 15 is 0 Å². The minimum atomic E-state index is -0.130. The summed E-state index contributed by atoms with van der Waals surface area (Å²) in [5, 5.41) is 3.49. The van der Waals surface area contributed by atoms with Gasteiger partial charge in [-0.05, 0) is 61.4 Å². The lowest BCUT2D eigenvalue weighted by Crippen LogP contribution is -2.32. The minimum Gasteiger partial charge on any atom is -0.317 e. The van der Waals surface area contributed by atoms with Gasteiger partial charge >= 0.3 is 0 Å². The van der Waals surface area contributed by atoms with Gasteiger partial charge in [-0.1, -0.05) is 38.8 Å². The highest BCUT2D eigenvalue weighted by Crippen LogP contribution is 2.41. The molecule has 3 unspecified atom stereocenters. The normalized spacial score (nSPS) is 27.4. The third-order valence-corrected chi connectivity index (χ3v) is 4.63. The predicted octanol–water partition coefficient (Wildman–Crippen LogP) is 4.35. The molecular weight excluding hydrogens is 237 g/mol. The second-order valence-electron chi connectivity index (χ2n) is 5.81. The van der Waals surface area contributed by atoms with Gasteiger partial charge in [0.1, 0.15) is 5.82 Å². The Balaban J connectivity index is 2.12. The van der Waals surface area contributed by atoms with Crippen molar-refractivity contribution >= 4 is 0 Å². The highest BCUT2D eigenvalue weighted by atomic mass is 19.1. The highest BCUT2D eigenvalue weighted by Gasteiger charge is 2.30. The van der Waals surface area contributed by atoms with E-state index in [1.54, 1.807) is 12.1 Å². The Morgan fingerprint density at radius 2 is 1.89 bits per heavy atom. The summed E-state index contributed by atoms with van der Waals surface area (Å²) in [5.41, 5.74) is 1.32. The lowest BCUT2D eigenvalue weighted by atomic mass is 9.70. The predicted molar refractivity (Wildman–Crippen MR) is 78.8 cm³/mol. The SMILES string of the molecule is CCNCC1CCC(CC)CC1c1ccc(F)cc1. The van der Waals surface area contributed by atoms with E-state index < -0.39 is 0 Å². The van der Waals surface area contributed by atoms with Gasteiger partial charge in [-0.3, -0.25) is 0 Å². The van der Waals surface area contributed by atoms with Crippen molar-refractivity contribution in [2.24, 2.45) is 11.8 Å². The van der Waals surface area contributed by atoms with Gasteiger partial charge in [-0.15, -0.1) is 0 Å². The summed E-state index contributed by atoms with van der Waals surface area (Å²) >= 11 is 0. The van der Waals surface area contributed by atoms with Gasteiger partial charge in [0, 0.05) is 0 Å². The van der Waals surface area contributed by atoms with Crippen LogP contribution in [0.5, 0.6) is 0 Å². The molecule has 2 heteroatoms. The zero-order valence-electron chi connectivity index (χ0n) is 12.2. The van der Waals surface area contributed by atoms with Crippen molar-refractivity contribution in [2.75, 3.05) is 13.1 Å². The van der Waals surface area contributed by atoms with Gasteiger partial charge in [0.05, 0.1) is 0 Å². The summed E-state index contributed by atoms with van der Waals surface area (Å²) < 4.78 is 13.1. The zero-order valence-corrected chi connectivity index (χ0v) is 12.2. The van der Waals surface area contributed by atoms with E-state index in [-0.39, 0.29) is 5.82 Å². The lowest BCUT2D eigenvalue weighted by molar-refractivity contribution is 0.226. The van der Waals surface area contributed by atoms with E-state index in [0.29, 0.717) is 11.8 Å². The molecule has 0 radical (unpaired) electrons. The van der Waals surface area contributed by atoms with Gasteiger partial charge in [0.25, 0.3) is 0 Å². The molecule has 3 atom stereocenters. The summed E-state index contributed by atoms with van der Waals surface area (Å²) in [4.78, 5) is 0. The Labute approximate surface area is 116 Å². The van der Waals surface area contributed by atoms with Crippen LogP contribution in [0.2, 0.25) is 0 Å². The van der Waals surface area contributed by atoms with E-state index in [9.17, 15) is 4.39 Å². The van der Waals surface area contributed by atoms with Crippen LogP contribution in [-0.2, 0) is 0 Å². The third-order valence-electron chi connectivity index (χ3n) is 4.63. The second kappa shape index (κ2) is 7.04. The smallest absolute Gasteiger partial charge is 0.123 e. The van der Waals surface area contributed by atoms with E-state index in [4.69, 9.17) is 0 Å². The molecule has 106 valence electrons. The van der Waals surface area contributed by atoms with E-state index in [2.05, 4.69) is 19.2 Å². The quantitative estimate of drug-likeness (QED) is 0.833. The molecule has 1 fully saturated rings. The first-order chi connectivity index (χ1) is 9.24. The monoisotopic (exact) mass is 263 g/mol. The molecule has 0 aliphatic heterocycles. The molecule has 0 spiro atoms. The molecule has 0 saturated heterocycles. The number of halogens is 1. The van der Waals surface area contributed by atoms with Crippen LogP contribution in [0, 0.1) is 17.7 Å². The minimum absolute atomic E-state index is 0.130. The van der Waals surface area contributed by atoms with Gasteiger partial charge in [0.2, 0.25) is 0 Å². The van der Waals surface area contributed by atoms with Crippen molar-refractivity contribution in [3.8, 4) is 0 Å². The molecule has 1 aliphatic carbocycles. The maximum atomic E-state index is 13.1. The zero-order chi connectivity index (χ0) is 13.7. The molecule has 1 aromatic rings. The average Bonchev–Trinajstić information content (AvgIpc) is 2.46. The van der Waals surface area contributed by atoms with Crippen LogP contribution in [-0.4, -0.2) is 13.1 Å². The van der Waals surface area contributed by atoms with Gasteiger partial charge in [0.15, 0.2) is 0 Å². The van der Waals surface area contributed by atoms with Crippen LogP contribution in [0.25, 0.3) is 0 Å². The maximum Gasteiger partial charge on any atom is 0.123 e. The van der Waals surface area contributed by atoms with Crippen LogP contribution in [0.15, 0.2) is 24.3 Å². The molecule has 0 heterocycles. The fourth-order valence-corrected chi connectivity index (χ4v) is 3.38. The Hall–Kier alpha value is -0.890. The molecule has 19 heavy (non-hydrogen) atoms. The fraction of sp³-hybridized carbons (Fsp3) is 0.647. The van der Waals surface area contributed by atoms with Crippen LogP contribution < -0.4 is 5.32 Å². The molecule has 0 amide bonds. The average molecular weight is 263 g/mol. The molecule has 1 N–H and O–H groups in total. The molecule has 2 rings (SSSR count). The molecular formula is C17H26FN. The number of nitrogens with one attached hydrogen (secondary N) is 1. The molecule has 0 bridgehead atoms. The van der Waals surface area contributed by atoms with Crippen LogP contribution in [0.4, 0.5) is 4.39 Å². The second-order valence-corrected chi connectivity index (χ2v) is 5.81. The molecule has 0 aromatic heterocycles. The van der Waals surface area contributed by atoms with Crippen molar-refractivity contribution in [3.05, 3.63) is 35.6 Å². The third kappa shape index (κ3) is 3.79. The Morgan fingerprint density at radius 1 is 1.16 bits per heavy atom. The van der Waals surface area contributed by atoms with E-state index in [1.165, 1.54) is 31.2 Å². The van der Waals surface area contributed by atoms with E-state index in [0.717, 1.165) is 19.0 Å². The summed E-state index contributed by atoms with van der Waals surface area (Å²) in [7, 11) is 0. The fourth-order valence-electron chi connectivity index (χ4n) is 3.38. The van der Waals surface area contributed by atoms with Gasteiger partial charge < -0.3 is 5.32 Å². The van der Waals surface area contributed by atoms with Gasteiger partial charge in [-0.2, -0.15) is 0 Å². The standard InChI is InChI=1S/C17H26FN/c1-3-13-5-6-15(12-19-4-2)17(11-13)14-7-9-16(18)10-8-14/h7-10,13,15,17,19H,3-6,11-12H2,1-2H3. The summed E-state index contributed by atoms with van der Waals surface area (Å²) in [6.45, 7) is 6.57. The molecule has 1 nitrogen and oxygen atoms in total. The Morgan fingerprint density at radius 3 is 2.53 bits per heavy atom. The molecule has 1 aliphatic rings. The summed E-state index contributed by atoms with van der Waals surface area (Å²) in [5.74, 6) is 2.01. The first-order valence-corrected chi connectivity index (χ1v) is 7.70. The number of hydrogen-bond donors (Lipinski definition) is 1. The van der Waals surface area contributed by atoms with E-state index in [1.807, 2.05) is 12.1 Å². The van der Waals surface area contributed by atoms with Crippen molar-refractivity contribution in [3.63, 3.8) is 0 Å². The van der Waals surface area contributed by atoms with Crippen molar-refractivity contribution in [2.45, 2.75) is 45.4 Å². The maximum absolute atomic E-state index is 13.1. The van der Waals surface area contributed by atoms with Crippen LogP contribution >= 0.6 is 0 Å². The number of hydrogen-bond acceptors (Lipinski definition) is 1. The lowest BCUT2D eigenvalue weighted by Gasteiger charge is -2.36. The Kier molecular flexibility index (Phi) is 5.38. The van der Waals surface area contributed by atoms with Crippen LogP contribution in [0.3, 0.4) is 0 Å². The molecule has 1 aromatic carbocycles.